The lowest BCUT2D eigenvalue weighted by Crippen LogP contribution is -2.40. The highest BCUT2D eigenvalue weighted by molar-refractivity contribution is 7.99. The van der Waals surface area contributed by atoms with Gasteiger partial charge in [0.15, 0.2) is 10.3 Å². The molecule has 0 saturated carbocycles. The third-order valence-electron chi connectivity index (χ3n) is 4.96. The number of nitrogens with one attached hydrogen (secondary N) is 3. The van der Waals surface area contributed by atoms with Crippen molar-refractivity contribution in [3.8, 4) is 5.75 Å². The number of carbonyl (C=O) groups excluding carboxylic acids is 1. The maximum Gasteiger partial charge on any atom is 0.236 e. The van der Waals surface area contributed by atoms with Crippen LogP contribution in [-0.4, -0.2) is 44.3 Å². The standard InChI is InChI=1S/C24H29N7O2S2.H2/c1-15(2)31-12-19(29-30-31)13-33-20-7-5-6-18(9-20)10-21-11-25-23(35-21)28-22(32)14-34-24-26-16(3)8-17(4)27-24;/h5-9,11-12,15,29-30H,10,13-14H2,1-4H3,(H,25,28,32);1H. The fourth-order valence-corrected chi connectivity index (χ4v) is 4.93. The molecule has 4 rings (SSSR count). The molecule has 3 aromatic rings. The molecule has 0 radical (unpaired) electrons. The molecule has 3 heterocycles. The van der Waals surface area contributed by atoms with Gasteiger partial charge in [-0.3, -0.25) is 9.80 Å². The number of amides is 1. The fraction of sp³-hybridized carbons (Fsp3) is 0.333. The molecule has 1 aromatic carbocycles. The monoisotopic (exact) mass is 513 g/mol. The van der Waals surface area contributed by atoms with Crippen molar-refractivity contribution in [2.45, 2.75) is 45.3 Å². The molecule has 0 spiro atoms. The van der Waals surface area contributed by atoms with E-state index < -0.39 is 0 Å². The Morgan fingerprint density at radius 3 is 2.80 bits per heavy atom. The predicted octanol–water partition coefficient (Wildman–Crippen LogP) is 4.07. The predicted molar refractivity (Wildman–Crippen MR) is 141 cm³/mol. The number of benzene rings is 1. The third-order valence-corrected chi connectivity index (χ3v) is 6.72. The van der Waals surface area contributed by atoms with Crippen molar-refractivity contribution in [3.05, 3.63) is 70.3 Å². The first kappa shape index (κ1) is 25.0. The molecule has 0 atom stereocenters. The van der Waals surface area contributed by atoms with Gasteiger partial charge in [0, 0.05) is 42.6 Å². The van der Waals surface area contributed by atoms with E-state index in [0.717, 1.165) is 33.3 Å². The van der Waals surface area contributed by atoms with Crippen LogP contribution in [0.4, 0.5) is 5.13 Å². The molecule has 0 aliphatic carbocycles. The van der Waals surface area contributed by atoms with E-state index in [1.165, 1.54) is 23.1 Å². The minimum absolute atomic E-state index is 0. The number of thioether (sulfide) groups is 1. The molecular formula is C24H31N7O2S2. The van der Waals surface area contributed by atoms with Gasteiger partial charge in [0.2, 0.25) is 5.91 Å². The zero-order valence-electron chi connectivity index (χ0n) is 20.2. The van der Waals surface area contributed by atoms with Crippen LogP contribution in [0.15, 0.2) is 53.6 Å². The Labute approximate surface area is 214 Å². The van der Waals surface area contributed by atoms with Gasteiger partial charge in [-0.2, -0.15) is 0 Å². The third kappa shape index (κ3) is 7.41. The number of aromatic nitrogens is 3. The molecular weight excluding hydrogens is 482 g/mol. The Kier molecular flexibility index (Phi) is 8.21. The first-order valence-electron chi connectivity index (χ1n) is 11.3. The van der Waals surface area contributed by atoms with Crippen molar-refractivity contribution in [3.63, 3.8) is 0 Å². The van der Waals surface area contributed by atoms with E-state index >= 15 is 0 Å². The molecule has 1 aliphatic heterocycles. The minimum Gasteiger partial charge on any atom is -0.487 e. The maximum atomic E-state index is 12.4. The van der Waals surface area contributed by atoms with E-state index in [1.807, 2.05) is 49.3 Å². The number of hydrazine groups is 2. The van der Waals surface area contributed by atoms with Crippen LogP contribution in [0.25, 0.3) is 0 Å². The number of ether oxygens (including phenoxy) is 1. The molecule has 0 bridgehead atoms. The van der Waals surface area contributed by atoms with Gasteiger partial charge in [0.05, 0.1) is 11.4 Å². The smallest absolute Gasteiger partial charge is 0.236 e. The second-order valence-electron chi connectivity index (χ2n) is 8.41. The molecule has 0 unspecified atom stereocenters. The normalized spacial score (nSPS) is 13.1. The summed E-state index contributed by atoms with van der Waals surface area (Å²) < 4.78 is 5.95. The highest BCUT2D eigenvalue weighted by Crippen LogP contribution is 2.24. The maximum absolute atomic E-state index is 12.4. The summed E-state index contributed by atoms with van der Waals surface area (Å²) in [5.74, 6) is 0.902. The lowest BCUT2D eigenvalue weighted by atomic mass is 10.1. The van der Waals surface area contributed by atoms with Gasteiger partial charge >= 0.3 is 0 Å². The Morgan fingerprint density at radius 2 is 2.06 bits per heavy atom. The Balaban J connectivity index is 0.00000361. The minimum atomic E-state index is -0.130. The molecule has 0 fully saturated rings. The largest absolute Gasteiger partial charge is 0.487 e. The number of nitrogens with zero attached hydrogens (tertiary/aromatic N) is 4. The van der Waals surface area contributed by atoms with Gasteiger partial charge in [-0.1, -0.05) is 23.9 Å². The summed E-state index contributed by atoms with van der Waals surface area (Å²) in [5, 5.41) is 6.05. The molecule has 0 saturated heterocycles. The van der Waals surface area contributed by atoms with Crippen LogP contribution in [0.2, 0.25) is 0 Å². The van der Waals surface area contributed by atoms with E-state index in [2.05, 4.69) is 51.1 Å². The number of thiazole rings is 1. The van der Waals surface area contributed by atoms with E-state index in [9.17, 15) is 4.79 Å². The first-order valence-corrected chi connectivity index (χ1v) is 13.1. The van der Waals surface area contributed by atoms with Gasteiger partial charge in [-0.05, 0) is 51.5 Å². The lowest BCUT2D eigenvalue weighted by Gasteiger charge is -2.18. The van der Waals surface area contributed by atoms with E-state index in [4.69, 9.17) is 4.74 Å². The second-order valence-corrected chi connectivity index (χ2v) is 10.5. The summed E-state index contributed by atoms with van der Waals surface area (Å²) in [5.41, 5.74) is 10.1. The summed E-state index contributed by atoms with van der Waals surface area (Å²) in [4.78, 5) is 26.5. The molecule has 3 N–H and O–H groups in total. The Morgan fingerprint density at radius 1 is 1.26 bits per heavy atom. The molecule has 35 heavy (non-hydrogen) atoms. The zero-order valence-corrected chi connectivity index (χ0v) is 21.8. The zero-order chi connectivity index (χ0) is 24.8. The average Bonchev–Trinajstić information content (AvgIpc) is 3.46. The van der Waals surface area contributed by atoms with Gasteiger partial charge in [-0.25, -0.2) is 15.0 Å². The van der Waals surface area contributed by atoms with Crippen molar-refractivity contribution < 1.29 is 11.0 Å². The summed E-state index contributed by atoms with van der Waals surface area (Å²) in [7, 11) is 0. The van der Waals surface area contributed by atoms with E-state index in [0.29, 0.717) is 29.4 Å². The Hall–Kier alpha value is -3.15. The Bertz CT molecular complexity index is 1200. The summed E-state index contributed by atoms with van der Waals surface area (Å²) >= 11 is 2.78. The second kappa shape index (κ2) is 11.5. The first-order chi connectivity index (χ1) is 16.8. The van der Waals surface area contributed by atoms with Crippen molar-refractivity contribution in [2.24, 2.45) is 0 Å². The number of rotatable bonds is 10. The average molecular weight is 514 g/mol. The lowest BCUT2D eigenvalue weighted by molar-refractivity contribution is -0.113. The van der Waals surface area contributed by atoms with Crippen molar-refractivity contribution in [2.75, 3.05) is 17.7 Å². The molecule has 2 aromatic heterocycles. The van der Waals surface area contributed by atoms with Crippen LogP contribution in [0.1, 0.15) is 37.1 Å². The number of aryl methyl sites for hydroxylation is 2. The van der Waals surface area contributed by atoms with Crippen LogP contribution in [0.3, 0.4) is 0 Å². The fourth-order valence-electron chi connectivity index (χ4n) is 3.32. The van der Waals surface area contributed by atoms with Crippen molar-refractivity contribution in [1.29, 1.82) is 0 Å². The molecule has 1 aliphatic rings. The molecule has 11 heteroatoms. The van der Waals surface area contributed by atoms with Crippen LogP contribution in [0.5, 0.6) is 5.75 Å². The van der Waals surface area contributed by atoms with Crippen LogP contribution in [-0.2, 0) is 11.2 Å². The highest BCUT2D eigenvalue weighted by atomic mass is 32.2. The number of carbonyl (C=O) groups is 1. The van der Waals surface area contributed by atoms with Gasteiger partial charge in [-0.15, -0.1) is 16.9 Å². The van der Waals surface area contributed by atoms with Crippen molar-refractivity contribution in [1.82, 2.24) is 30.9 Å². The summed E-state index contributed by atoms with van der Waals surface area (Å²) in [6.07, 6.45) is 4.52. The number of anilines is 1. The van der Waals surface area contributed by atoms with Gasteiger partial charge < -0.3 is 15.5 Å². The van der Waals surface area contributed by atoms with E-state index in [-0.39, 0.29) is 13.1 Å². The van der Waals surface area contributed by atoms with Crippen LogP contribution in [0, 0.1) is 13.8 Å². The summed E-state index contributed by atoms with van der Waals surface area (Å²) in [6.45, 7) is 8.49. The SMILES string of the molecule is Cc1cc(C)nc(SCC(=O)Nc2ncc(Cc3cccc(OCC4=CN(C(C)C)NN4)c3)s2)n1.[HH]. The highest BCUT2D eigenvalue weighted by Gasteiger charge is 2.14. The molecule has 1 amide bonds. The van der Waals surface area contributed by atoms with E-state index in [1.54, 1.807) is 6.20 Å². The van der Waals surface area contributed by atoms with Gasteiger partial charge in [0.25, 0.3) is 0 Å². The summed E-state index contributed by atoms with van der Waals surface area (Å²) in [6, 6.07) is 10.3. The molecule has 9 nitrogen and oxygen atoms in total. The number of hydrogen-bond acceptors (Lipinski definition) is 10. The molecule has 186 valence electrons. The van der Waals surface area contributed by atoms with Gasteiger partial charge in [0.1, 0.15) is 12.4 Å². The van der Waals surface area contributed by atoms with Crippen LogP contribution < -0.4 is 21.0 Å². The quantitative estimate of drug-likeness (QED) is 0.273. The number of hydrogen-bond donors (Lipinski definition) is 3. The van der Waals surface area contributed by atoms with Crippen molar-refractivity contribution >= 4 is 34.1 Å². The topological polar surface area (TPSA) is 104 Å². The van der Waals surface area contributed by atoms with Crippen LogP contribution >= 0.6 is 23.1 Å².